The highest BCUT2D eigenvalue weighted by molar-refractivity contribution is 6.30. The van der Waals surface area contributed by atoms with Gasteiger partial charge >= 0.3 is 0 Å². The topological polar surface area (TPSA) is 40.5 Å². The van der Waals surface area contributed by atoms with E-state index in [0.29, 0.717) is 11.4 Å². The fourth-order valence-electron chi connectivity index (χ4n) is 1.84. The molecule has 0 radical (unpaired) electrons. The minimum absolute atomic E-state index is 0.225. The van der Waals surface area contributed by atoms with Crippen molar-refractivity contribution in [1.82, 2.24) is 0 Å². The molecule has 0 aromatic heterocycles. The van der Waals surface area contributed by atoms with Crippen molar-refractivity contribution < 1.29 is 10.2 Å². The van der Waals surface area contributed by atoms with Crippen LogP contribution in [0.25, 0.3) is 6.08 Å². The highest BCUT2D eigenvalue weighted by Gasteiger charge is 2.01. The summed E-state index contributed by atoms with van der Waals surface area (Å²) in [5, 5.41) is 20.0. The predicted molar refractivity (Wildman–Crippen MR) is 78.7 cm³/mol. The molecule has 2 nitrogen and oxygen atoms in total. The molecule has 0 fully saturated rings. The average molecular weight is 275 g/mol. The van der Waals surface area contributed by atoms with Crippen LogP contribution in [0.4, 0.5) is 0 Å². The molecule has 0 amide bonds. The van der Waals surface area contributed by atoms with E-state index in [0.717, 1.165) is 16.7 Å². The molecule has 0 aliphatic heterocycles. The van der Waals surface area contributed by atoms with Crippen molar-refractivity contribution in [2.45, 2.75) is 13.3 Å². The second kappa shape index (κ2) is 5.81. The van der Waals surface area contributed by atoms with E-state index >= 15 is 0 Å². The Morgan fingerprint density at radius 2 is 1.79 bits per heavy atom. The number of aromatic hydroxyl groups is 2. The van der Waals surface area contributed by atoms with Crippen LogP contribution in [0.2, 0.25) is 5.02 Å². The third kappa shape index (κ3) is 3.52. The van der Waals surface area contributed by atoms with Crippen molar-refractivity contribution in [2.75, 3.05) is 0 Å². The van der Waals surface area contributed by atoms with Crippen LogP contribution in [-0.2, 0) is 6.42 Å². The molecule has 0 spiro atoms. The van der Waals surface area contributed by atoms with E-state index in [1.165, 1.54) is 0 Å². The summed E-state index contributed by atoms with van der Waals surface area (Å²) in [7, 11) is 0. The van der Waals surface area contributed by atoms with Crippen LogP contribution in [-0.4, -0.2) is 10.2 Å². The average Bonchev–Trinajstić information content (AvgIpc) is 2.38. The molecule has 98 valence electrons. The number of hydrogen-bond acceptors (Lipinski definition) is 2. The number of aryl methyl sites for hydroxylation is 1. The van der Waals surface area contributed by atoms with Crippen LogP contribution in [0.1, 0.15) is 16.7 Å². The molecular formula is C16H15ClO2. The first-order valence-corrected chi connectivity index (χ1v) is 6.37. The molecule has 0 bridgehead atoms. The maximum Gasteiger partial charge on any atom is 0.122 e. The van der Waals surface area contributed by atoms with Gasteiger partial charge < -0.3 is 10.2 Å². The summed E-state index contributed by atoms with van der Waals surface area (Å²) in [5.74, 6) is 0.472. The van der Waals surface area contributed by atoms with Gasteiger partial charge in [0.25, 0.3) is 0 Å². The number of halogens is 1. The Kier molecular flexibility index (Phi) is 4.13. The van der Waals surface area contributed by atoms with Gasteiger partial charge in [-0.3, -0.25) is 0 Å². The quantitative estimate of drug-likeness (QED) is 0.875. The van der Waals surface area contributed by atoms with Gasteiger partial charge in [0.15, 0.2) is 0 Å². The molecule has 0 saturated carbocycles. The lowest BCUT2D eigenvalue weighted by molar-refractivity contribution is 0.470. The van der Waals surface area contributed by atoms with E-state index in [-0.39, 0.29) is 11.5 Å². The van der Waals surface area contributed by atoms with Crippen LogP contribution in [0.5, 0.6) is 11.5 Å². The summed E-state index contributed by atoms with van der Waals surface area (Å²) >= 11 is 5.88. The zero-order valence-electron chi connectivity index (χ0n) is 10.6. The van der Waals surface area contributed by atoms with Crippen molar-refractivity contribution in [3.63, 3.8) is 0 Å². The third-order valence-electron chi connectivity index (χ3n) is 2.86. The number of allylic oxidation sites excluding steroid dienone is 1. The second-order valence-electron chi connectivity index (χ2n) is 4.44. The normalized spacial score (nSPS) is 11.1. The Labute approximate surface area is 117 Å². The molecule has 0 saturated heterocycles. The summed E-state index contributed by atoms with van der Waals surface area (Å²) in [5.41, 5.74) is 2.61. The monoisotopic (exact) mass is 274 g/mol. The van der Waals surface area contributed by atoms with Crippen molar-refractivity contribution in [3.8, 4) is 11.5 Å². The van der Waals surface area contributed by atoms with Crippen LogP contribution in [0.3, 0.4) is 0 Å². The van der Waals surface area contributed by atoms with Crippen LogP contribution in [0.15, 0.2) is 42.5 Å². The molecule has 2 rings (SSSR count). The molecule has 0 aliphatic carbocycles. The zero-order chi connectivity index (χ0) is 13.8. The molecule has 2 N–H and O–H groups in total. The minimum atomic E-state index is 0.225. The number of benzene rings is 2. The predicted octanol–water partition coefficient (Wildman–Crippen LogP) is 4.32. The molecule has 2 aromatic carbocycles. The van der Waals surface area contributed by atoms with Gasteiger partial charge in [-0.15, -0.1) is 0 Å². The van der Waals surface area contributed by atoms with Gasteiger partial charge in [0.05, 0.1) is 0 Å². The molecule has 3 heteroatoms. The van der Waals surface area contributed by atoms with Gasteiger partial charge in [-0.25, -0.2) is 0 Å². The van der Waals surface area contributed by atoms with Gasteiger partial charge in [-0.1, -0.05) is 35.4 Å². The Bertz CT molecular complexity index is 618. The Balaban J connectivity index is 2.15. The summed E-state index contributed by atoms with van der Waals surface area (Å²) in [6.07, 6.45) is 4.28. The molecule has 2 aromatic rings. The Hall–Kier alpha value is -1.93. The van der Waals surface area contributed by atoms with Gasteiger partial charge in [0, 0.05) is 10.6 Å². The van der Waals surface area contributed by atoms with E-state index in [4.69, 9.17) is 11.6 Å². The first-order chi connectivity index (χ1) is 9.06. The van der Waals surface area contributed by atoms with Crippen LogP contribution < -0.4 is 0 Å². The van der Waals surface area contributed by atoms with E-state index in [9.17, 15) is 10.2 Å². The zero-order valence-corrected chi connectivity index (χ0v) is 11.4. The lowest BCUT2D eigenvalue weighted by Gasteiger charge is -2.03. The molecule has 19 heavy (non-hydrogen) atoms. The van der Waals surface area contributed by atoms with Gasteiger partial charge in [0.1, 0.15) is 11.5 Å². The molecule has 0 heterocycles. The number of phenolic OH excluding ortho intramolecular Hbond substituents is 2. The van der Waals surface area contributed by atoms with Gasteiger partial charge in [-0.05, 0) is 49.2 Å². The standard InChI is InChI=1S/C16H15ClO2/c1-11-5-7-15(18)12(9-11)3-2-4-13-10-14(17)6-8-16(13)19/h2-3,5-10,18-19H,4H2,1H3. The number of rotatable bonds is 3. The molecule has 0 atom stereocenters. The highest BCUT2D eigenvalue weighted by atomic mass is 35.5. The molecular weight excluding hydrogens is 260 g/mol. The minimum Gasteiger partial charge on any atom is -0.508 e. The van der Waals surface area contributed by atoms with Gasteiger partial charge in [-0.2, -0.15) is 0 Å². The smallest absolute Gasteiger partial charge is 0.122 e. The summed E-state index contributed by atoms with van der Waals surface area (Å²) < 4.78 is 0. The SMILES string of the molecule is Cc1ccc(O)c(C=CCc2cc(Cl)ccc2O)c1. The third-order valence-corrected chi connectivity index (χ3v) is 3.09. The highest BCUT2D eigenvalue weighted by Crippen LogP contribution is 2.23. The summed E-state index contributed by atoms with van der Waals surface area (Å²) in [4.78, 5) is 0. The molecule has 0 aliphatic rings. The summed E-state index contributed by atoms with van der Waals surface area (Å²) in [6, 6.07) is 10.4. The van der Waals surface area contributed by atoms with E-state index < -0.39 is 0 Å². The van der Waals surface area contributed by atoms with Crippen molar-refractivity contribution in [1.29, 1.82) is 0 Å². The maximum absolute atomic E-state index is 9.71. The lowest BCUT2D eigenvalue weighted by Crippen LogP contribution is -1.83. The van der Waals surface area contributed by atoms with Crippen LogP contribution >= 0.6 is 11.6 Å². The Morgan fingerprint density at radius 1 is 1.05 bits per heavy atom. The molecule has 0 unspecified atom stereocenters. The van der Waals surface area contributed by atoms with Crippen molar-refractivity contribution >= 4 is 17.7 Å². The lowest BCUT2D eigenvalue weighted by atomic mass is 10.1. The Morgan fingerprint density at radius 3 is 2.58 bits per heavy atom. The number of phenols is 2. The maximum atomic E-state index is 9.71. The second-order valence-corrected chi connectivity index (χ2v) is 4.88. The van der Waals surface area contributed by atoms with E-state index in [2.05, 4.69) is 0 Å². The van der Waals surface area contributed by atoms with Crippen LogP contribution in [0, 0.1) is 6.92 Å². The van der Waals surface area contributed by atoms with E-state index in [1.54, 1.807) is 24.3 Å². The number of hydrogen-bond donors (Lipinski definition) is 2. The van der Waals surface area contributed by atoms with Crippen molar-refractivity contribution in [2.24, 2.45) is 0 Å². The van der Waals surface area contributed by atoms with Crippen molar-refractivity contribution in [3.05, 3.63) is 64.2 Å². The largest absolute Gasteiger partial charge is 0.508 e. The first-order valence-electron chi connectivity index (χ1n) is 6.00. The van der Waals surface area contributed by atoms with E-state index in [1.807, 2.05) is 31.2 Å². The first kappa shape index (κ1) is 13.5. The van der Waals surface area contributed by atoms with Gasteiger partial charge in [0.2, 0.25) is 0 Å². The summed E-state index contributed by atoms with van der Waals surface area (Å²) in [6.45, 7) is 1.97. The fourth-order valence-corrected chi connectivity index (χ4v) is 2.03. The fraction of sp³-hybridized carbons (Fsp3) is 0.125.